The van der Waals surface area contributed by atoms with Crippen molar-refractivity contribution in [1.82, 2.24) is 0 Å². The average molecular weight is 882 g/mol. The second kappa shape index (κ2) is 49.7. The van der Waals surface area contributed by atoms with Crippen LogP contribution in [-0.4, -0.2) is 49.9 Å². The molecule has 61 heavy (non-hydrogen) atoms. The number of unbranched alkanes of at least 4 members (excludes halogenated alkanes) is 31. The van der Waals surface area contributed by atoms with Crippen LogP contribution in [-0.2, 0) is 27.9 Å². The number of esters is 1. The highest BCUT2D eigenvalue weighted by Crippen LogP contribution is 2.43. The summed E-state index contributed by atoms with van der Waals surface area (Å²) in [5, 5.41) is 0. The summed E-state index contributed by atoms with van der Waals surface area (Å²) in [5.41, 5.74) is 5.39. The van der Waals surface area contributed by atoms with E-state index in [1.165, 1.54) is 173 Å². The van der Waals surface area contributed by atoms with Crippen molar-refractivity contribution in [2.45, 2.75) is 258 Å². The molecule has 0 heterocycles. The monoisotopic (exact) mass is 882 g/mol. The quantitative estimate of drug-likeness (QED) is 0.0268. The van der Waals surface area contributed by atoms with Crippen LogP contribution in [0, 0.1) is 0 Å². The number of carbonyl (C=O) groups excluding carboxylic acids is 1. The van der Waals surface area contributed by atoms with E-state index in [0.29, 0.717) is 13.0 Å². The highest BCUT2D eigenvalue weighted by atomic mass is 31.2. The molecule has 3 N–H and O–H groups in total. The van der Waals surface area contributed by atoms with Gasteiger partial charge in [0.25, 0.3) is 0 Å². The zero-order valence-corrected chi connectivity index (χ0v) is 41.1. The number of allylic oxidation sites excluding steroid dienone is 6. The zero-order valence-electron chi connectivity index (χ0n) is 40.2. The smallest absolute Gasteiger partial charge is 0.457 e. The molecule has 0 rings (SSSR count). The Morgan fingerprint density at radius 3 is 1.31 bits per heavy atom. The Labute approximate surface area is 378 Å². The third kappa shape index (κ3) is 49.6. The molecule has 0 saturated heterocycles. The van der Waals surface area contributed by atoms with Gasteiger partial charge in [-0.2, -0.15) is 0 Å². The molecule has 0 bridgehead atoms. The minimum atomic E-state index is -4.28. The lowest BCUT2D eigenvalue weighted by atomic mass is 10.0. The standard InChI is InChI=1S/C52H100NO7P/c1-3-5-7-9-11-13-15-17-19-21-22-23-24-25-26-27-28-29-30-32-34-36-38-40-42-44-47-57-49-51(50-59-61(55,56)58-48-46-53)60-52(54)45-43-41-39-37-35-33-31-20-18-16-14-12-10-8-6-4-2/h14,16,20-22,31,51H,3-13,15,17-19,23-30,32-50,53H2,1-2H3,(H,55,56)/b16-14-,22-21-,31-20-. The van der Waals surface area contributed by atoms with Gasteiger partial charge in [-0.3, -0.25) is 13.8 Å². The van der Waals surface area contributed by atoms with Crippen LogP contribution in [0.1, 0.15) is 251 Å². The van der Waals surface area contributed by atoms with Gasteiger partial charge in [0.1, 0.15) is 6.10 Å². The van der Waals surface area contributed by atoms with E-state index in [-0.39, 0.29) is 32.3 Å². The fourth-order valence-electron chi connectivity index (χ4n) is 7.44. The molecule has 0 aliphatic heterocycles. The third-order valence-electron chi connectivity index (χ3n) is 11.3. The molecule has 2 atom stereocenters. The van der Waals surface area contributed by atoms with E-state index < -0.39 is 13.9 Å². The van der Waals surface area contributed by atoms with Gasteiger partial charge >= 0.3 is 13.8 Å². The Morgan fingerprint density at radius 2 is 0.869 bits per heavy atom. The maximum absolute atomic E-state index is 12.6. The third-order valence-corrected chi connectivity index (χ3v) is 12.3. The molecule has 360 valence electrons. The Balaban J connectivity index is 3.88. The molecule has 0 fully saturated rings. The predicted molar refractivity (Wildman–Crippen MR) is 261 cm³/mol. The van der Waals surface area contributed by atoms with Crippen molar-refractivity contribution in [2.75, 3.05) is 33.0 Å². The molecule has 0 saturated carbocycles. The minimum Gasteiger partial charge on any atom is -0.457 e. The predicted octanol–water partition coefficient (Wildman–Crippen LogP) is 16.1. The summed E-state index contributed by atoms with van der Waals surface area (Å²) in [4.78, 5) is 22.6. The number of ether oxygens (including phenoxy) is 2. The summed E-state index contributed by atoms with van der Waals surface area (Å²) in [6, 6.07) is 0. The summed E-state index contributed by atoms with van der Waals surface area (Å²) in [5.74, 6) is -0.340. The Morgan fingerprint density at radius 1 is 0.492 bits per heavy atom. The van der Waals surface area contributed by atoms with Gasteiger partial charge in [0.2, 0.25) is 0 Å². The molecule has 2 unspecified atom stereocenters. The lowest BCUT2D eigenvalue weighted by molar-refractivity contribution is -0.154. The molecule has 8 nitrogen and oxygen atoms in total. The van der Waals surface area contributed by atoms with Crippen molar-refractivity contribution in [1.29, 1.82) is 0 Å². The van der Waals surface area contributed by atoms with Gasteiger partial charge in [-0.1, -0.05) is 211 Å². The SMILES string of the molecule is CCCCCC/C=C\C/C=C\CCCCCCCC(=O)OC(COCCCCCCCCCCCCCCCC/C=C\CCCCCCCCCC)COP(=O)(O)OCCN. The minimum absolute atomic E-state index is 0.0975. The Hall–Kier alpha value is -1.28. The zero-order chi connectivity index (χ0) is 44.4. The number of nitrogens with two attached hydrogens (primary N) is 1. The number of phosphoric acid groups is 1. The number of phosphoric ester groups is 1. The van der Waals surface area contributed by atoms with Crippen LogP contribution in [0.4, 0.5) is 0 Å². The summed E-state index contributed by atoms with van der Waals surface area (Å²) >= 11 is 0. The lowest BCUT2D eigenvalue weighted by Gasteiger charge is -2.20. The fraction of sp³-hybridized carbons (Fsp3) is 0.865. The molecule has 0 aliphatic rings. The number of rotatable bonds is 50. The Kier molecular flexibility index (Phi) is 48.7. The maximum Gasteiger partial charge on any atom is 0.472 e. The second-order valence-electron chi connectivity index (χ2n) is 17.4. The van der Waals surface area contributed by atoms with Gasteiger partial charge in [-0.05, 0) is 70.6 Å². The topological polar surface area (TPSA) is 117 Å². The van der Waals surface area contributed by atoms with Crippen LogP contribution in [0.3, 0.4) is 0 Å². The number of hydrogen-bond acceptors (Lipinski definition) is 7. The molecule has 0 radical (unpaired) electrons. The van der Waals surface area contributed by atoms with E-state index >= 15 is 0 Å². The van der Waals surface area contributed by atoms with Crippen molar-refractivity contribution in [3.05, 3.63) is 36.5 Å². The van der Waals surface area contributed by atoms with Crippen LogP contribution >= 0.6 is 7.82 Å². The molecule has 0 amide bonds. The summed E-state index contributed by atoms with van der Waals surface area (Å²) in [6.07, 6.45) is 59.0. The van der Waals surface area contributed by atoms with Crippen molar-refractivity contribution >= 4 is 13.8 Å². The van der Waals surface area contributed by atoms with Gasteiger partial charge < -0.3 is 20.1 Å². The average Bonchev–Trinajstić information content (AvgIpc) is 3.25. The van der Waals surface area contributed by atoms with E-state index in [4.69, 9.17) is 24.3 Å². The van der Waals surface area contributed by atoms with E-state index in [0.717, 1.165) is 57.8 Å². The highest BCUT2D eigenvalue weighted by Gasteiger charge is 2.25. The molecule has 0 aromatic carbocycles. The van der Waals surface area contributed by atoms with Crippen LogP contribution in [0.2, 0.25) is 0 Å². The van der Waals surface area contributed by atoms with Crippen molar-refractivity contribution in [3.8, 4) is 0 Å². The molecular weight excluding hydrogens is 782 g/mol. The molecule has 0 aromatic heterocycles. The lowest BCUT2D eigenvalue weighted by Crippen LogP contribution is -2.28. The van der Waals surface area contributed by atoms with E-state index in [2.05, 4.69) is 50.3 Å². The van der Waals surface area contributed by atoms with E-state index in [9.17, 15) is 14.3 Å². The molecule has 0 spiro atoms. The maximum atomic E-state index is 12.6. The van der Waals surface area contributed by atoms with Crippen LogP contribution < -0.4 is 5.73 Å². The highest BCUT2D eigenvalue weighted by molar-refractivity contribution is 7.47. The van der Waals surface area contributed by atoms with Crippen LogP contribution in [0.25, 0.3) is 0 Å². The normalized spacial score (nSPS) is 13.6. The van der Waals surface area contributed by atoms with Gasteiger partial charge in [0.15, 0.2) is 0 Å². The summed E-state index contributed by atoms with van der Waals surface area (Å²) in [7, 11) is -4.28. The first kappa shape index (κ1) is 59.7. The molecular formula is C52H100NO7P. The van der Waals surface area contributed by atoms with Gasteiger partial charge in [0.05, 0.1) is 19.8 Å². The van der Waals surface area contributed by atoms with Crippen molar-refractivity contribution < 1.29 is 32.8 Å². The first-order valence-corrected chi connectivity index (χ1v) is 27.5. The first-order chi connectivity index (χ1) is 29.9. The summed E-state index contributed by atoms with van der Waals surface area (Å²) < 4.78 is 33.6. The largest absolute Gasteiger partial charge is 0.472 e. The number of carbonyl (C=O) groups is 1. The molecule has 0 aromatic rings. The summed E-state index contributed by atoms with van der Waals surface area (Å²) in [6.45, 7) is 4.92. The Bertz CT molecular complexity index is 1040. The first-order valence-electron chi connectivity index (χ1n) is 26.0. The number of hydrogen-bond donors (Lipinski definition) is 2. The van der Waals surface area contributed by atoms with Crippen molar-refractivity contribution in [3.63, 3.8) is 0 Å². The van der Waals surface area contributed by atoms with Crippen LogP contribution in [0.15, 0.2) is 36.5 Å². The van der Waals surface area contributed by atoms with Crippen molar-refractivity contribution in [2.24, 2.45) is 5.73 Å². The van der Waals surface area contributed by atoms with Gasteiger partial charge in [-0.15, -0.1) is 0 Å². The van der Waals surface area contributed by atoms with E-state index in [1.807, 2.05) is 0 Å². The molecule has 0 aliphatic carbocycles. The van der Waals surface area contributed by atoms with Crippen LogP contribution in [0.5, 0.6) is 0 Å². The van der Waals surface area contributed by atoms with Gasteiger partial charge in [-0.25, -0.2) is 4.57 Å². The van der Waals surface area contributed by atoms with E-state index in [1.54, 1.807) is 0 Å². The van der Waals surface area contributed by atoms with Gasteiger partial charge in [0, 0.05) is 19.6 Å². The fourth-order valence-corrected chi connectivity index (χ4v) is 8.20. The second-order valence-corrected chi connectivity index (χ2v) is 18.8. The molecule has 9 heteroatoms.